The minimum absolute atomic E-state index is 0.181. The number of carbonyl (C=O) groups excluding carboxylic acids is 1. The number of rotatable bonds is 0. The number of amides is 1. The minimum Gasteiger partial charge on any atom is -0.377 e. The fourth-order valence-corrected chi connectivity index (χ4v) is 5.31. The SMILES string of the molecule is CC1=CC(C)=NC(N2CCN3CC/C(=C4\C5C(=CC=CC5CN4C)C3=O)CN2)=NC1. The smallest absolute Gasteiger partial charge is 0.250 e. The molecule has 7 heteroatoms. The largest absolute Gasteiger partial charge is 0.377 e. The second-order valence-electron chi connectivity index (χ2n) is 8.91. The van der Waals surface area contributed by atoms with Crippen molar-refractivity contribution in [1.82, 2.24) is 20.2 Å². The van der Waals surface area contributed by atoms with Crippen LogP contribution in [0.4, 0.5) is 0 Å². The van der Waals surface area contributed by atoms with Crippen molar-refractivity contribution >= 4 is 17.6 Å². The average Bonchev–Trinajstić information content (AvgIpc) is 2.99. The second kappa shape index (κ2) is 7.54. The lowest BCUT2D eigenvalue weighted by molar-refractivity contribution is -0.128. The summed E-state index contributed by atoms with van der Waals surface area (Å²) in [5.41, 5.74) is 9.44. The predicted molar refractivity (Wildman–Crippen MR) is 119 cm³/mol. The Hall–Kier alpha value is -2.67. The first-order valence-electron chi connectivity index (χ1n) is 10.9. The molecular weight excluding hydrogens is 376 g/mol. The van der Waals surface area contributed by atoms with Crippen LogP contribution in [0.5, 0.6) is 0 Å². The first-order chi connectivity index (χ1) is 14.5. The summed E-state index contributed by atoms with van der Waals surface area (Å²) in [4.78, 5) is 27.3. The van der Waals surface area contributed by atoms with E-state index in [2.05, 4.69) is 42.5 Å². The van der Waals surface area contributed by atoms with Gasteiger partial charge >= 0.3 is 0 Å². The molecule has 0 aromatic heterocycles. The van der Waals surface area contributed by atoms with E-state index < -0.39 is 0 Å². The number of allylic oxidation sites excluding steroid dienone is 4. The molecule has 4 heterocycles. The van der Waals surface area contributed by atoms with Gasteiger partial charge in [-0.1, -0.05) is 23.8 Å². The number of fused-ring (bicyclic) bond motifs is 3. The maximum Gasteiger partial charge on any atom is 0.250 e. The molecule has 4 aliphatic heterocycles. The number of nitrogens with zero attached hydrogens (tertiary/aromatic N) is 5. The quantitative estimate of drug-likeness (QED) is 0.666. The highest BCUT2D eigenvalue weighted by atomic mass is 16.2. The Labute approximate surface area is 178 Å². The van der Waals surface area contributed by atoms with Crippen molar-refractivity contribution in [1.29, 1.82) is 0 Å². The van der Waals surface area contributed by atoms with Crippen molar-refractivity contribution in [2.45, 2.75) is 20.3 Å². The van der Waals surface area contributed by atoms with Crippen molar-refractivity contribution in [2.24, 2.45) is 21.8 Å². The molecule has 2 saturated heterocycles. The first kappa shape index (κ1) is 19.3. The summed E-state index contributed by atoms with van der Waals surface area (Å²) in [6, 6.07) is 0. The van der Waals surface area contributed by atoms with E-state index in [-0.39, 0.29) is 11.8 Å². The van der Waals surface area contributed by atoms with Gasteiger partial charge in [-0.15, -0.1) is 0 Å². The molecule has 30 heavy (non-hydrogen) atoms. The summed E-state index contributed by atoms with van der Waals surface area (Å²) in [6.07, 6.45) is 9.37. The molecule has 5 rings (SSSR count). The van der Waals surface area contributed by atoms with Gasteiger partial charge in [0.25, 0.3) is 5.91 Å². The number of guanidine groups is 1. The van der Waals surface area contributed by atoms with Crippen LogP contribution < -0.4 is 5.43 Å². The molecule has 2 bridgehead atoms. The van der Waals surface area contributed by atoms with Crippen LogP contribution >= 0.6 is 0 Å². The van der Waals surface area contributed by atoms with Crippen LogP contribution in [0.3, 0.4) is 0 Å². The lowest BCUT2D eigenvalue weighted by Crippen LogP contribution is -2.47. The Morgan fingerprint density at radius 3 is 2.93 bits per heavy atom. The molecule has 1 amide bonds. The molecule has 2 unspecified atom stereocenters. The third-order valence-corrected chi connectivity index (χ3v) is 6.69. The molecule has 5 aliphatic rings. The number of carbonyl (C=O) groups is 1. The maximum atomic E-state index is 13.5. The van der Waals surface area contributed by atoms with E-state index in [1.165, 1.54) is 16.8 Å². The van der Waals surface area contributed by atoms with Gasteiger partial charge in [0.05, 0.1) is 13.1 Å². The molecule has 0 aromatic carbocycles. The van der Waals surface area contributed by atoms with Gasteiger partial charge in [-0.05, 0) is 31.9 Å². The normalized spacial score (nSPS) is 31.6. The van der Waals surface area contributed by atoms with Gasteiger partial charge in [0.2, 0.25) is 5.96 Å². The highest BCUT2D eigenvalue weighted by molar-refractivity contribution is 6.03. The molecule has 7 nitrogen and oxygen atoms in total. The third-order valence-electron chi connectivity index (χ3n) is 6.69. The van der Waals surface area contributed by atoms with E-state index in [1.807, 2.05) is 22.9 Å². The monoisotopic (exact) mass is 406 g/mol. The molecular formula is C23H30N6O. The molecule has 2 atom stereocenters. The van der Waals surface area contributed by atoms with Crippen molar-refractivity contribution in [2.75, 3.05) is 46.3 Å². The predicted octanol–water partition coefficient (Wildman–Crippen LogP) is 1.74. The summed E-state index contributed by atoms with van der Waals surface area (Å²) in [5.74, 6) is 1.45. The van der Waals surface area contributed by atoms with E-state index >= 15 is 0 Å². The van der Waals surface area contributed by atoms with Crippen LogP contribution in [0, 0.1) is 11.8 Å². The summed E-state index contributed by atoms with van der Waals surface area (Å²) < 4.78 is 0. The van der Waals surface area contributed by atoms with Crippen LogP contribution in [0.15, 0.2) is 56.7 Å². The zero-order valence-electron chi connectivity index (χ0n) is 18.1. The zero-order valence-corrected chi connectivity index (χ0v) is 18.1. The number of aliphatic imine (C=N–C) groups is 2. The number of hydrogen-bond donors (Lipinski definition) is 1. The topological polar surface area (TPSA) is 63.5 Å². The van der Waals surface area contributed by atoms with Crippen molar-refractivity contribution < 1.29 is 4.79 Å². The number of likely N-dealkylation sites (tertiary alicyclic amines) is 1. The van der Waals surface area contributed by atoms with E-state index in [0.29, 0.717) is 31.5 Å². The highest BCUT2D eigenvalue weighted by Gasteiger charge is 2.43. The lowest BCUT2D eigenvalue weighted by Gasteiger charge is -2.33. The summed E-state index contributed by atoms with van der Waals surface area (Å²) in [7, 11) is 2.16. The molecule has 158 valence electrons. The Bertz CT molecular complexity index is 953. The van der Waals surface area contributed by atoms with Gasteiger partial charge in [-0.3, -0.25) is 9.80 Å². The Balaban J connectivity index is 1.53. The van der Waals surface area contributed by atoms with Crippen LogP contribution in [-0.4, -0.2) is 78.7 Å². The summed E-state index contributed by atoms with van der Waals surface area (Å²) in [5, 5.41) is 2.04. The number of nitrogens with one attached hydrogen (secondary N) is 1. The van der Waals surface area contributed by atoms with Crippen molar-refractivity contribution in [3.8, 4) is 0 Å². The van der Waals surface area contributed by atoms with Crippen LogP contribution in [0.1, 0.15) is 20.3 Å². The minimum atomic E-state index is 0.181. The Morgan fingerprint density at radius 2 is 2.07 bits per heavy atom. The molecule has 0 aromatic rings. The van der Waals surface area contributed by atoms with Crippen LogP contribution in [0.25, 0.3) is 0 Å². The van der Waals surface area contributed by atoms with Crippen molar-refractivity contribution in [3.63, 3.8) is 0 Å². The van der Waals surface area contributed by atoms with Gasteiger partial charge in [-0.25, -0.2) is 15.4 Å². The van der Waals surface area contributed by atoms with Gasteiger partial charge in [0.15, 0.2) is 0 Å². The Morgan fingerprint density at radius 1 is 1.20 bits per heavy atom. The first-order valence-corrected chi connectivity index (χ1v) is 10.9. The average molecular weight is 407 g/mol. The highest BCUT2D eigenvalue weighted by Crippen LogP contribution is 2.44. The number of hydrazine groups is 1. The molecule has 0 spiro atoms. The molecule has 0 saturated carbocycles. The fourth-order valence-electron chi connectivity index (χ4n) is 5.31. The molecule has 0 radical (unpaired) electrons. The zero-order chi connectivity index (χ0) is 20.8. The van der Waals surface area contributed by atoms with Gasteiger partial charge in [0.1, 0.15) is 0 Å². The second-order valence-corrected chi connectivity index (χ2v) is 8.91. The van der Waals surface area contributed by atoms with Crippen LogP contribution in [0.2, 0.25) is 0 Å². The van der Waals surface area contributed by atoms with Gasteiger partial charge < -0.3 is 9.80 Å². The van der Waals surface area contributed by atoms with Crippen LogP contribution in [-0.2, 0) is 4.79 Å². The molecule has 1 aliphatic carbocycles. The van der Waals surface area contributed by atoms with E-state index in [0.717, 1.165) is 37.3 Å². The van der Waals surface area contributed by atoms with E-state index in [1.54, 1.807) is 0 Å². The standard InChI is InChI=1S/C23H30N6O/c1-15-11-16(2)26-23(24-12-15)29-10-9-28-8-7-17(13-25-29)21-20-18(14-27(21)3)5-4-6-19(20)22(28)30/h4-6,11,18,20,25H,7-10,12-14H2,1-3H3/b21-17-. The maximum absolute atomic E-state index is 13.5. The molecule has 1 N–H and O–H groups in total. The van der Waals surface area contributed by atoms with Gasteiger partial charge in [-0.2, -0.15) is 0 Å². The Kier molecular flexibility index (Phi) is 4.85. The van der Waals surface area contributed by atoms with E-state index in [9.17, 15) is 4.79 Å². The fraction of sp³-hybridized carbons (Fsp3) is 0.522. The number of hydrogen-bond acceptors (Lipinski definition) is 6. The summed E-state index contributed by atoms with van der Waals surface area (Å²) in [6.45, 7) is 8.54. The lowest BCUT2D eigenvalue weighted by atomic mass is 9.80. The van der Waals surface area contributed by atoms with E-state index in [4.69, 9.17) is 9.98 Å². The molecule has 2 fully saturated rings. The third kappa shape index (κ3) is 3.31. The summed E-state index contributed by atoms with van der Waals surface area (Å²) >= 11 is 0. The van der Waals surface area contributed by atoms with Gasteiger partial charge in [0, 0.05) is 62.0 Å². The van der Waals surface area contributed by atoms with Crippen molar-refractivity contribution in [3.05, 3.63) is 46.7 Å².